The van der Waals surface area contributed by atoms with Crippen molar-refractivity contribution in [3.05, 3.63) is 76.0 Å². The van der Waals surface area contributed by atoms with Gasteiger partial charge in [-0.2, -0.15) is 0 Å². The number of fused-ring (bicyclic) bond motifs is 3. The topological polar surface area (TPSA) is 184 Å². The van der Waals surface area contributed by atoms with Crippen LogP contribution in [0.3, 0.4) is 0 Å². The number of carbonyl (C=O) groups is 3. The van der Waals surface area contributed by atoms with Gasteiger partial charge >= 0.3 is 0 Å². The summed E-state index contributed by atoms with van der Waals surface area (Å²) in [6, 6.07) is 10.3. The van der Waals surface area contributed by atoms with Gasteiger partial charge in [0.25, 0.3) is 0 Å². The van der Waals surface area contributed by atoms with Gasteiger partial charge in [-0.15, -0.1) is 0 Å². The van der Waals surface area contributed by atoms with E-state index in [1.54, 1.807) is 36.2 Å². The fraction of sp³-hybridized carbons (Fsp3) is 0.474. The number of pyridine rings is 1. The highest BCUT2D eigenvalue weighted by atomic mass is 33.1. The molecule has 0 saturated carbocycles. The number of carbonyl (C=O) groups excluding carboxylic acids is 3. The van der Waals surface area contributed by atoms with Crippen LogP contribution < -0.4 is 15.4 Å². The summed E-state index contributed by atoms with van der Waals surface area (Å²) in [6.07, 6.45) is -0.705. The van der Waals surface area contributed by atoms with E-state index in [0.29, 0.717) is 38.3 Å². The number of hydrogen-bond donors (Lipinski definition) is 4. The Morgan fingerprint density at radius 2 is 1.87 bits per heavy atom. The number of ether oxygens (including phenoxy) is 6. The quantitative estimate of drug-likeness (QED) is 0.0907. The Morgan fingerprint density at radius 3 is 2.63 bits per heavy atom. The normalized spacial score (nSPS) is 26.4. The molecule has 2 aromatic carbocycles. The van der Waals surface area contributed by atoms with Crippen molar-refractivity contribution in [3.8, 4) is 17.2 Å². The van der Waals surface area contributed by atoms with E-state index >= 15 is 0 Å². The molecule has 16 heteroatoms. The molecule has 2 aliphatic carbocycles. The number of methoxy groups -OCH3 is 2. The Kier molecular flexibility index (Phi) is 12.1. The highest BCUT2D eigenvalue weighted by molar-refractivity contribution is 8.76. The minimum Gasteiger partial charge on any atom is -0.507 e. The average Bonchev–Trinajstić information content (AvgIpc) is 3.19. The first-order valence-corrected chi connectivity index (χ1v) is 20.2. The molecule has 3 heterocycles. The van der Waals surface area contributed by atoms with Crippen LogP contribution in [-0.4, -0.2) is 103 Å². The number of hydrogen-bond acceptors (Lipinski definition) is 15. The number of amides is 1. The molecule has 2 saturated heterocycles. The molecule has 2 aliphatic heterocycles. The van der Waals surface area contributed by atoms with Gasteiger partial charge in [0.05, 0.1) is 48.7 Å². The van der Waals surface area contributed by atoms with Gasteiger partial charge in [-0.1, -0.05) is 29.0 Å². The summed E-state index contributed by atoms with van der Waals surface area (Å²) in [7, 11) is 6.01. The van der Waals surface area contributed by atoms with Crippen molar-refractivity contribution in [2.45, 2.75) is 74.8 Å². The Bertz CT molecular complexity index is 1880. The zero-order chi connectivity index (χ0) is 37.9. The van der Waals surface area contributed by atoms with E-state index in [1.807, 2.05) is 25.1 Å². The summed E-state index contributed by atoms with van der Waals surface area (Å²) in [5.41, 5.74) is -0.257. The number of aromatic nitrogens is 1. The van der Waals surface area contributed by atoms with Gasteiger partial charge in [-0.3, -0.25) is 19.7 Å². The minimum atomic E-state index is -0.974. The first kappa shape index (κ1) is 38.5. The predicted octanol–water partition coefficient (Wildman–Crippen LogP) is 4.28. The third-order valence-electron chi connectivity index (χ3n) is 10.1. The SMILES string of the molecule is COc1cccc2c1C(=O)c1c(O)c3c(c(O)c1C2=O)C[C@@H](C(=O)NCCSSc1ccccn1)C[C@@H]3O[C@H]1CC[C@H](O[C@H]2NCCO[C@@H]2OC)[C@H](C)O1. The number of aromatic hydroxyl groups is 2. The minimum absolute atomic E-state index is 0.000749. The lowest BCUT2D eigenvalue weighted by Gasteiger charge is -2.41. The Hall–Kier alpha value is -3.74. The molecule has 4 N–H and O–H groups in total. The van der Waals surface area contributed by atoms with E-state index in [9.17, 15) is 24.6 Å². The number of phenolic OH excluding ortho intramolecular Hbond substituents is 2. The van der Waals surface area contributed by atoms with E-state index in [-0.39, 0.29) is 64.0 Å². The Balaban J connectivity index is 1.13. The molecule has 1 amide bonds. The lowest BCUT2D eigenvalue weighted by Crippen LogP contribution is -2.54. The van der Waals surface area contributed by atoms with E-state index in [1.165, 1.54) is 24.0 Å². The van der Waals surface area contributed by atoms with Crippen molar-refractivity contribution in [2.75, 3.05) is 39.7 Å². The summed E-state index contributed by atoms with van der Waals surface area (Å²) in [6.45, 7) is 3.36. The number of phenols is 2. The molecule has 1 aromatic heterocycles. The lowest BCUT2D eigenvalue weighted by molar-refractivity contribution is -0.280. The molecular formula is C38H43N3O11S2. The molecule has 7 atom stereocenters. The summed E-state index contributed by atoms with van der Waals surface area (Å²) >= 11 is 0. The Labute approximate surface area is 320 Å². The molecule has 54 heavy (non-hydrogen) atoms. The monoisotopic (exact) mass is 781 g/mol. The molecular weight excluding hydrogens is 739 g/mol. The van der Waals surface area contributed by atoms with Crippen LogP contribution >= 0.6 is 21.6 Å². The van der Waals surface area contributed by atoms with Gasteiger partial charge in [-0.05, 0) is 55.2 Å². The molecule has 2 fully saturated rings. The van der Waals surface area contributed by atoms with Gasteiger partial charge in [0.15, 0.2) is 24.6 Å². The van der Waals surface area contributed by atoms with E-state index in [0.717, 1.165) is 5.03 Å². The third kappa shape index (κ3) is 7.71. The molecule has 7 rings (SSSR count). The second-order valence-electron chi connectivity index (χ2n) is 13.4. The van der Waals surface area contributed by atoms with Crippen LogP contribution in [0.4, 0.5) is 0 Å². The van der Waals surface area contributed by atoms with Crippen LogP contribution in [-0.2, 0) is 34.9 Å². The molecule has 0 radical (unpaired) electrons. The van der Waals surface area contributed by atoms with Crippen molar-refractivity contribution in [1.82, 2.24) is 15.6 Å². The fourth-order valence-corrected chi connectivity index (χ4v) is 9.29. The number of benzene rings is 2. The van der Waals surface area contributed by atoms with Crippen LogP contribution in [0, 0.1) is 5.92 Å². The van der Waals surface area contributed by atoms with E-state index in [4.69, 9.17) is 28.4 Å². The maximum absolute atomic E-state index is 14.0. The van der Waals surface area contributed by atoms with Crippen LogP contribution in [0.25, 0.3) is 0 Å². The van der Waals surface area contributed by atoms with Gasteiger partial charge in [0.2, 0.25) is 11.7 Å². The first-order chi connectivity index (χ1) is 26.2. The van der Waals surface area contributed by atoms with Crippen LogP contribution in [0.2, 0.25) is 0 Å². The van der Waals surface area contributed by atoms with Crippen LogP contribution in [0.5, 0.6) is 17.2 Å². The summed E-state index contributed by atoms with van der Waals surface area (Å²) in [4.78, 5) is 45.9. The van der Waals surface area contributed by atoms with Crippen molar-refractivity contribution >= 4 is 39.1 Å². The smallest absolute Gasteiger partial charge is 0.223 e. The maximum atomic E-state index is 14.0. The van der Waals surface area contributed by atoms with Gasteiger partial charge in [0.1, 0.15) is 22.3 Å². The maximum Gasteiger partial charge on any atom is 0.223 e. The van der Waals surface area contributed by atoms with Crippen molar-refractivity contribution in [1.29, 1.82) is 0 Å². The first-order valence-electron chi connectivity index (χ1n) is 17.9. The lowest BCUT2D eigenvalue weighted by atomic mass is 9.74. The molecule has 0 spiro atoms. The number of rotatable bonds is 12. The predicted molar refractivity (Wildman–Crippen MR) is 198 cm³/mol. The van der Waals surface area contributed by atoms with Crippen LogP contribution in [0.15, 0.2) is 47.6 Å². The van der Waals surface area contributed by atoms with Crippen molar-refractivity contribution in [3.63, 3.8) is 0 Å². The standard InChI is InChI=1S/C38H43N3O11S2/c1-19-23(52-37-38(48-3)49-15-13-41-37)10-11-27(50-19)51-25-18-20(36(46)40-14-16-53-54-26-9-4-5-12-39-26)17-22-29(25)35(45)31-30(33(22)43)32(42)21-7-6-8-24(47-2)28(21)34(31)44/h4-9,12,19-20,23,25,27,37-38,41,43,45H,10-11,13-18H2,1-3H3,(H,40,46)/t19-,20+,23-,25-,27-,37+,38-/m0/s1. The zero-order valence-electron chi connectivity index (χ0n) is 30.1. The van der Waals surface area contributed by atoms with E-state index < -0.39 is 60.0 Å². The summed E-state index contributed by atoms with van der Waals surface area (Å²) < 4.78 is 35.6. The zero-order valence-corrected chi connectivity index (χ0v) is 31.7. The fourth-order valence-electron chi connectivity index (χ4n) is 7.51. The molecule has 14 nitrogen and oxygen atoms in total. The molecule has 0 unspecified atom stereocenters. The molecule has 288 valence electrons. The highest BCUT2D eigenvalue weighted by Gasteiger charge is 2.45. The summed E-state index contributed by atoms with van der Waals surface area (Å²) in [5, 5.41) is 30.8. The number of morpholine rings is 1. The van der Waals surface area contributed by atoms with Crippen LogP contribution in [0.1, 0.15) is 75.3 Å². The van der Waals surface area contributed by atoms with Crippen molar-refractivity contribution in [2.24, 2.45) is 5.92 Å². The Morgan fingerprint density at radius 1 is 1.04 bits per heavy atom. The second-order valence-corrected chi connectivity index (χ2v) is 15.8. The van der Waals surface area contributed by atoms with Gasteiger partial charge < -0.3 is 44.0 Å². The van der Waals surface area contributed by atoms with Crippen molar-refractivity contribution < 1.29 is 53.0 Å². The van der Waals surface area contributed by atoms with Gasteiger partial charge in [-0.25, -0.2) is 4.98 Å². The number of nitrogens with zero attached hydrogens (tertiary/aromatic N) is 1. The van der Waals surface area contributed by atoms with Gasteiger partial charge in [0, 0.05) is 61.2 Å². The number of nitrogens with one attached hydrogen (secondary N) is 2. The summed E-state index contributed by atoms with van der Waals surface area (Å²) in [5.74, 6) is -2.41. The largest absolute Gasteiger partial charge is 0.507 e. The molecule has 4 aliphatic rings. The highest BCUT2D eigenvalue weighted by Crippen LogP contribution is 2.51. The van der Waals surface area contributed by atoms with E-state index in [2.05, 4.69) is 15.6 Å². The second kappa shape index (κ2) is 17.0. The number of ketones is 2. The molecule has 0 bridgehead atoms. The molecule has 3 aromatic rings. The average molecular weight is 782 g/mol. The third-order valence-corrected chi connectivity index (χ3v) is 12.4.